The highest BCUT2D eigenvalue weighted by atomic mass is 35.5. The van der Waals surface area contributed by atoms with Crippen LogP contribution in [0.3, 0.4) is 0 Å². The van der Waals surface area contributed by atoms with Crippen molar-refractivity contribution in [1.82, 2.24) is 4.98 Å². The highest BCUT2D eigenvalue weighted by Crippen LogP contribution is 2.30. The van der Waals surface area contributed by atoms with Crippen LogP contribution in [0.4, 0.5) is 11.4 Å². The third kappa shape index (κ3) is 7.37. The molecule has 1 amide bonds. The first-order valence-electron chi connectivity index (χ1n) is 12.1. The van der Waals surface area contributed by atoms with Gasteiger partial charge in [-0.3, -0.25) is 9.78 Å². The van der Waals surface area contributed by atoms with E-state index >= 15 is 0 Å². The molecule has 42 heavy (non-hydrogen) atoms. The number of hydrogen-bond donors (Lipinski definition) is 4. The summed E-state index contributed by atoms with van der Waals surface area (Å²) < 4.78 is 26.5. The molecule has 0 saturated carbocycles. The SMILES string of the molecule is NC(=N[C@@H](Cc1ccc(NC(=O)c2c(Cl)cncc2Cl)cc1)C(=O)O)Nc1cc(Cl)ccc1S(=O)(=O)c1ccccc1. The number of pyridine rings is 1. The zero-order valence-electron chi connectivity index (χ0n) is 21.5. The molecule has 0 radical (unpaired) electrons. The van der Waals surface area contributed by atoms with Crippen molar-refractivity contribution < 1.29 is 23.1 Å². The molecule has 1 aromatic heterocycles. The number of nitrogens with zero attached hydrogens (tertiary/aromatic N) is 2. The quantitative estimate of drug-likeness (QED) is 0.136. The van der Waals surface area contributed by atoms with E-state index in [1.54, 1.807) is 42.5 Å². The number of benzene rings is 3. The summed E-state index contributed by atoms with van der Waals surface area (Å²) in [6.07, 6.45) is 2.54. The maximum absolute atomic E-state index is 13.2. The lowest BCUT2D eigenvalue weighted by atomic mass is 10.1. The predicted octanol–water partition coefficient (Wildman–Crippen LogP) is 5.55. The summed E-state index contributed by atoms with van der Waals surface area (Å²) in [4.78, 5) is 32.4. The van der Waals surface area contributed by atoms with Gasteiger partial charge in [-0.1, -0.05) is 65.1 Å². The summed E-state index contributed by atoms with van der Waals surface area (Å²) in [7, 11) is -3.96. The van der Waals surface area contributed by atoms with Gasteiger partial charge < -0.3 is 21.5 Å². The van der Waals surface area contributed by atoms with Crippen molar-refractivity contribution in [3.05, 3.63) is 111 Å². The van der Waals surface area contributed by atoms with Crippen LogP contribution in [0.15, 0.2) is 100.0 Å². The van der Waals surface area contributed by atoms with Gasteiger partial charge in [0.05, 0.1) is 31.1 Å². The number of aromatic nitrogens is 1. The minimum Gasteiger partial charge on any atom is -0.480 e. The Labute approximate surface area is 256 Å². The molecule has 5 N–H and O–H groups in total. The average Bonchev–Trinajstić information content (AvgIpc) is 2.94. The number of carbonyl (C=O) groups is 2. The van der Waals surface area contributed by atoms with E-state index < -0.39 is 27.8 Å². The topological polar surface area (TPSA) is 164 Å². The summed E-state index contributed by atoms with van der Waals surface area (Å²) in [5.41, 5.74) is 7.12. The number of guanidine groups is 1. The van der Waals surface area contributed by atoms with Crippen molar-refractivity contribution in [2.24, 2.45) is 10.7 Å². The number of carboxylic acids is 1. The van der Waals surface area contributed by atoms with E-state index in [9.17, 15) is 23.1 Å². The summed E-state index contributed by atoms with van der Waals surface area (Å²) in [6, 6.07) is 16.9. The Hall–Kier alpha value is -4.16. The number of amides is 1. The van der Waals surface area contributed by atoms with Gasteiger partial charge in [0.2, 0.25) is 9.84 Å². The second-order valence-electron chi connectivity index (χ2n) is 8.78. The second-order valence-corrected chi connectivity index (χ2v) is 12.0. The second kappa shape index (κ2) is 13.2. The van der Waals surface area contributed by atoms with Gasteiger partial charge in [-0.15, -0.1) is 0 Å². The fourth-order valence-electron chi connectivity index (χ4n) is 3.86. The van der Waals surface area contributed by atoms with E-state index in [-0.39, 0.29) is 48.5 Å². The first-order valence-corrected chi connectivity index (χ1v) is 14.7. The van der Waals surface area contributed by atoms with Gasteiger partial charge in [0.25, 0.3) is 5.91 Å². The number of rotatable bonds is 9. The van der Waals surface area contributed by atoms with Crippen molar-refractivity contribution in [2.45, 2.75) is 22.3 Å². The van der Waals surface area contributed by atoms with Crippen LogP contribution in [0.25, 0.3) is 0 Å². The van der Waals surface area contributed by atoms with Gasteiger partial charge in [0.1, 0.15) is 0 Å². The monoisotopic (exact) mass is 645 g/mol. The molecule has 0 fully saturated rings. The molecule has 0 aliphatic rings. The first kappa shape index (κ1) is 30.8. The average molecular weight is 647 g/mol. The zero-order valence-corrected chi connectivity index (χ0v) is 24.5. The molecule has 10 nitrogen and oxygen atoms in total. The molecule has 4 aromatic rings. The van der Waals surface area contributed by atoms with Crippen LogP contribution < -0.4 is 16.4 Å². The molecular formula is C28H22Cl3N5O5S. The number of halogens is 3. The molecule has 0 aliphatic carbocycles. The van der Waals surface area contributed by atoms with Crippen LogP contribution in [0.2, 0.25) is 15.1 Å². The molecule has 1 heterocycles. The van der Waals surface area contributed by atoms with E-state index in [1.165, 1.54) is 42.7 Å². The van der Waals surface area contributed by atoms with E-state index in [2.05, 4.69) is 20.6 Å². The Morgan fingerprint density at radius 3 is 2.19 bits per heavy atom. The van der Waals surface area contributed by atoms with Gasteiger partial charge in [0, 0.05) is 29.5 Å². The number of hydrogen-bond acceptors (Lipinski definition) is 6. The third-order valence-electron chi connectivity index (χ3n) is 5.85. The van der Waals surface area contributed by atoms with Crippen molar-refractivity contribution in [2.75, 3.05) is 10.6 Å². The summed E-state index contributed by atoms with van der Waals surface area (Å²) >= 11 is 18.2. The standard InChI is InChI=1S/C28H22Cl3N5O5S/c29-17-8-11-24(42(40,41)19-4-2-1-3-5-19)22(13-17)35-28(32)36-23(27(38)39)12-16-6-9-18(10-7-16)34-26(37)25-20(30)14-33-15-21(25)31/h1-11,13-15,23H,12H2,(H,34,37)(H,38,39)(H3,32,35,36)/t23-/m0/s1. The molecule has 216 valence electrons. The summed E-state index contributed by atoms with van der Waals surface area (Å²) in [5, 5.41) is 15.5. The van der Waals surface area contributed by atoms with Gasteiger partial charge >= 0.3 is 5.97 Å². The zero-order chi connectivity index (χ0) is 30.4. The van der Waals surface area contributed by atoms with Crippen LogP contribution in [-0.4, -0.2) is 42.4 Å². The minimum atomic E-state index is -3.96. The van der Waals surface area contributed by atoms with E-state index in [0.29, 0.717) is 11.3 Å². The van der Waals surface area contributed by atoms with Crippen molar-refractivity contribution in [1.29, 1.82) is 0 Å². The number of sulfone groups is 1. The molecule has 0 aliphatic heterocycles. The van der Waals surface area contributed by atoms with E-state index in [0.717, 1.165) is 0 Å². The van der Waals surface area contributed by atoms with Crippen LogP contribution in [0.1, 0.15) is 15.9 Å². The molecule has 0 spiro atoms. The molecule has 14 heteroatoms. The smallest absolute Gasteiger partial charge is 0.328 e. The predicted molar refractivity (Wildman–Crippen MR) is 162 cm³/mol. The van der Waals surface area contributed by atoms with E-state index in [4.69, 9.17) is 40.5 Å². The van der Waals surface area contributed by atoms with Crippen molar-refractivity contribution >= 4 is 73.9 Å². The normalized spacial score (nSPS) is 12.4. The van der Waals surface area contributed by atoms with Crippen LogP contribution in [0.5, 0.6) is 0 Å². The molecule has 0 saturated heterocycles. The largest absolute Gasteiger partial charge is 0.480 e. The Kier molecular flexibility index (Phi) is 9.69. The summed E-state index contributed by atoms with van der Waals surface area (Å²) in [5.74, 6) is -2.13. The fourth-order valence-corrected chi connectivity index (χ4v) is 5.98. The Balaban J connectivity index is 1.51. The number of nitrogens with two attached hydrogens (primary N) is 1. The van der Waals surface area contributed by atoms with Gasteiger partial charge in [0.15, 0.2) is 12.0 Å². The molecule has 4 rings (SSSR count). The number of carbonyl (C=O) groups excluding carboxylic acids is 1. The van der Waals surface area contributed by atoms with Gasteiger partial charge in [-0.2, -0.15) is 0 Å². The molecule has 0 unspecified atom stereocenters. The number of aliphatic carboxylic acids is 1. The molecule has 1 atom stereocenters. The maximum Gasteiger partial charge on any atom is 0.328 e. The Morgan fingerprint density at radius 1 is 0.929 bits per heavy atom. The highest BCUT2D eigenvalue weighted by molar-refractivity contribution is 7.91. The number of carboxylic acid groups (broad SMARTS) is 1. The Morgan fingerprint density at radius 2 is 1.57 bits per heavy atom. The van der Waals surface area contributed by atoms with Crippen LogP contribution in [-0.2, 0) is 21.1 Å². The minimum absolute atomic E-state index is 0.0336. The number of aliphatic imine (C=N–C) groups is 1. The maximum atomic E-state index is 13.2. The van der Waals surface area contributed by atoms with Gasteiger partial charge in [-0.05, 0) is 48.0 Å². The third-order valence-corrected chi connectivity index (χ3v) is 8.48. The molecule has 3 aromatic carbocycles. The number of nitrogens with one attached hydrogen (secondary N) is 2. The molecular weight excluding hydrogens is 625 g/mol. The van der Waals surface area contributed by atoms with Crippen LogP contribution >= 0.6 is 34.8 Å². The lowest BCUT2D eigenvalue weighted by molar-refractivity contribution is -0.138. The molecule has 0 bridgehead atoms. The Bertz CT molecular complexity index is 1750. The van der Waals surface area contributed by atoms with Crippen molar-refractivity contribution in [3.8, 4) is 0 Å². The van der Waals surface area contributed by atoms with Gasteiger partial charge in [-0.25, -0.2) is 18.2 Å². The summed E-state index contributed by atoms with van der Waals surface area (Å²) in [6.45, 7) is 0. The van der Waals surface area contributed by atoms with Crippen LogP contribution in [0, 0.1) is 0 Å². The fraction of sp³-hybridized carbons (Fsp3) is 0.0714. The van der Waals surface area contributed by atoms with E-state index in [1.807, 2.05) is 0 Å². The highest BCUT2D eigenvalue weighted by Gasteiger charge is 2.23. The lowest BCUT2D eigenvalue weighted by Gasteiger charge is -2.15. The number of anilines is 2. The van der Waals surface area contributed by atoms with Crippen molar-refractivity contribution in [3.63, 3.8) is 0 Å². The lowest BCUT2D eigenvalue weighted by Crippen LogP contribution is -2.30. The first-order chi connectivity index (χ1) is 20.0.